The van der Waals surface area contributed by atoms with E-state index < -0.39 is 5.60 Å². The summed E-state index contributed by atoms with van der Waals surface area (Å²) >= 11 is 1.66. The van der Waals surface area contributed by atoms with Gasteiger partial charge in [0.25, 0.3) is 0 Å². The summed E-state index contributed by atoms with van der Waals surface area (Å²) < 4.78 is 11.0. The van der Waals surface area contributed by atoms with Crippen molar-refractivity contribution >= 4 is 23.5 Å². The summed E-state index contributed by atoms with van der Waals surface area (Å²) in [7, 11) is 0. The summed E-state index contributed by atoms with van der Waals surface area (Å²) in [6.07, 6.45) is 7.15. The van der Waals surface area contributed by atoms with E-state index in [2.05, 4.69) is 0 Å². The quantitative estimate of drug-likeness (QED) is 0.208. The molecule has 2 aromatic carbocycles. The largest absolute Gasteiger partial charge is 0.476 e. The lowest BCUT2D eigenvalue weighted by molar-refractivity contribution is -0.158. The van der Waals surface area contributed by atoms with Crippen LogP contribution in [0.15, 0.2) is 59.5 Å². The molecule has 5 heteroatoms. The number of rotatable bonds is 10. The second-order valence-electron chi connectivity index (χ2n) is 7.47. The Balaban J connectivity index is 1.91. The first-order chi connectivity index (χ1) is 14.3. The van der Waals surface area contributed by atoms with Crippen LogP contribution in [0.3, 0.4) is 0 Å². The van der Waals surface area contributed by atoms with Gasteiger partial charge in [0.05, 0.1) is 6.61 Å². The molecular weight excluding hydrogens is 396 g/mol. The molecule has 0 aliphatic heterocycles. The molecule has 0 saturated carbocycles. The minimum atomic E-state index is -1.04. The van der Waals surface area contributed by atoms with Gasteiger partial charge in [-0.25, -0.2) is 4.79 Å². The van der Waals surface area contributed by atoms with E-state index in [4.69, 9.17) is 9.47 Å². The molecule has 0 fully saturated rings. The lowest BCUT2D eigenvalue weighted by Gasteiger charge is -2.25. The van der Waals surface area contributed by atoms with Gasteiger partial charge in [-0.15, -0.1) is 11.8 Å². The SMILES string of the molecule is CCOC(=O)C(C)(C)Oc1ccc(CC/C=C/C(=O)c2ccc(SC)cc2)cc1C. The lowest BCUT2D eigenvalue weighted by Crippen LogP contribution is -2.39. The molecule has 0 unspecified atom stereocenters. The molecule has 0 N–H and O–H groups in total. The summed E-state index contributed by atoms with van der Waals surface area (Å²) in [6.45, 7) is 7.46. The van der Waals surface area contributed by atoms with Gasteiger partial charge in [-0.3, -0.25) is 4.79 Å². The molecule has 0 amide bonds. The van der Waals surface area contributed by atoms with Crippen molar-refractivity contribution < 1.29 is 19.1 Å². The zero-order valence-electron chi connectivity index (χ0n) is 18.4. The van der Waals surface area contributed by atoms with E-state index in [0.717, 1.165) is 28.9 Å². The normalized spacial score (nSPS) is 11.5. The van der Waals surface area contributed by atoms with E-state index in [1.807, 2.05) is 61.7 Å². The van der Waals surface area contributed by atoms with Gasteiger partial charge in [0.1, 0.15) is 5.75 Å². The standard InChI is InChI=1S/C25H30O4S/c1-6-28-24(27)25(3,4)29-23-16-11-19(17-18(23)2)9-7-8-10-22(26)20-12-14-21(30-5)15-13-20/h8,10-17H,6-7,9H2,1-5H3/b10-8+. The average Bonchev–Trinajstić information content (AvgIpc) is 2.73. The number of allylic oxidation sites excluding steroid dienone is 2. The molecule has 30 heavy (non-hydrogen) atoms. The van der Waals surface area contributed by atoms with Gasteiger partial charge < -0.3 is 9.47 Å². The zero-order valence-corrected chi connectivity index (χ0v) is 19.2. The smallest absolute Gasteiger partial charge is 0.349 e. The Morgan fingerprint density at radius 2 is 1.80 bits per heavy atom. The van der Waals surface area contributed by atoms with E-state index in [1.165, 1.54) is 0 Å². The average molecular weight is 427 g/mol. The number of hydrogen-bond acceptors (Lipinski definition) is 5. The topological polar surface area (TPSA) is 52.6 Å². The molecule has 0 aliphatic carbocycles. The Labute approximate surface area is 183 Å². The van der Waals surface area contributed by atoms with Crippen molar-refractivity contribution in [3.05, 3.63) is 71.3 Å². The van der Waals surface area contributed by atoms with Crippen LogP contribution in [0.5, 0.6) is 5.75 Å². The summed E-state index contributed by atoms with van der Waals surface area (Å²) in [6, 6.07) is 13.6. The first-order valence-corrected chi connectivity index (χ1v) is 11.3. The van der Waals surface area contributed by atoms with Crippen LogP contribution < -0.4 is 4.74 Å². The molecule has 0 radical (unpaired) electrons. The van der Waals surface area contributed by atoms with E-state index in [-0.39, 0.29) is 11.8 Å². The number of ether oxygens (including phenoxy) is 2. The van der Waals surface area contributed by atoms with Crippen molar-refractivity contribution in [3.63, 3.8) is 0 Å². The Bertz CT molecular complexity index is 898. The zero-order chi connectivity index (χ0) is 22.1. The number of aryl methyl sites for hydroxylation is 2. The number of thioether (sulfide) groups is 1. The summed E-state index contributed by atoms with van der Waals surface area (Å²) in [5.41, 5.74) is 1.76. The Morgan fingerprint density at radius 3 is 2.40 bits per heavy atom. The Hall–Kier alpha value is -2.53. The van der Waals surface area contributed by atoms with E-state index in [0.29, 0.717) is 17.9 Å². The Morgan fingerprint density at radius 1 is 1.10 bits per heavy atom. The third-order valence-electron chi connectivity index (χ3n) is 4.61. The van der Waals surface area contributed by atoms with Crippen molar-refractivity contribution in [3.8, 4) is 5.75 Å². The van der Waals surface area contributed by atoms with Crippen LogP contribution in [0.4, 0.5) is 0 Å². The number of carbonyl (C=O) groups excluding carboxylic acids is 2. The van der Waals surface area contributed by atoms with Crippen LogP contribution in [0.2, 0.25) is 0 Å². The highest BCUT2D eigenvalue weighted by molar-refractivity contribution is 7.98. The fraction of sp³-hybridized carbons (Fsp3) is 0.360. The van der Waals surface area contributed by atoms with Crippen LogP contribution in [-0.2, 0) is 16.0 Å². The van der Waals surface area contributed by atoms with Gasteiger partial charge in [-0.05, 0) is 94.3 Å². The lowest BCUT2D eigenvalue weighted by atomic mass is 10.0. The van der Waals surface area contributed by atoms with Crippen LogP contribution >= 0.6 is 11.8 Å². The number of ketones is 1. The summed E-state index contributed by atoms with van der Waals surface area (Å²) in [4.78, 5) is 25.4. The van der Waals surface area contributed by atoms with Crippen LogP contribution in [0.25, 0.3) is 0 Å². The number of carbonyl (C=O) groups is 2. The molecule has 0 spiro atoms. The minimum absolute atomic E-state index is 0.0174. The van der Waals surface area contributed by atoms with E-state index in [1.54, 1.807) is 38.6 Å². The molecule has 0 atom stereocenters. The van der Waals surface area contributed by atoms with Crippen molar-refractivity contribution in [2.75, 3.05) is 12.9 Å². The summed E-state index contributed by atoms with van der Waals surface area (Å²) in [5, 5.41) is 0. The van der Waals surface area contributed by atoms with E-state index >= 15 is 0 Å². The van der Waals surface area contributed by atoms with Crippen molar-refractivity contribution in [2.45, 2.75) is 51.0 Å². The maximum atomic E-state index is 12.2. The fourth-order valence-corrected chi connectivity index (χ4v) is 3.30. The molecule has 0 heterocycles. The fourth-order valence-electron chi connectivity index (χ4n) is 2.89. The summed E-state index contributed by atoms with van der Waals surface area (Å²) in [5.74, 6) is 0.298. The van der Waals surface area contributed by atoms with Crippen molar-refractivity contribution in [1.29, 1.82) is 0 Å². The van der Waals surface area contributed by atoms with Crippen LogP contribution in [0.1, 0.15) is 48.7 Å². The minimum Gasteiger partial charge on any atom is -0.476 e. The molecule has 0 bridgehead atoms. The van der Waals surface area contributed by atoms with Gasteiger partial charge in [0.15, 0.2) is 11.4 Å². The maximum absolute atomic E-state index is 12.2. The highest BCUT2D eigenvalue weighted by atomic mass is 32.2. The second-order valence-corrected chi connectivity index (χ2v) is 8.35. The third-order valence-corrected chi connectivity index (χ3v) is 5.36. The number of esters is 1. The first-order valence-electron chi connectivity index (χ1n) is 10.1. The molecule has 0 aromatic heterocycles. The predicted molar refractivity (Wildman–Crippen MR) is 123 cm³/mol. The van der Waals surface area contributed by atoms with Gasteiger partial charge in [-0.2, -0.15) is 0 Å². The van der Waals surface area contributed by atoms with Gasteiger partial charge in [0.2, 0.25) is 0 Å². The number of hydrogen-bond donors (Lipinski definition) is 0. The van der Waals surface area contributed by atoms with Crippen molar-refractivity contribution in [1.82, 2.24) is 0 Å². The van der Waals surface area contributed by atoms with Gasteiger partial charge in [0, 0.05) is 10.5 Å². The molecule has 0 aliphatic rings. The third kappa shape index (κ3) is 6.77. The molecule has 4 nitrogen and oxygen atoms in total. The van der Waals surface area contributed by atoms with Crippen molar-refractivity contribution in [2.24, 2.45) is 0 Å². The highest BCUT2D eigenvalue weighted by Gasteiger charge is 2.32. The highest BCUT2D eigenvalue weighted by Crippen LogP contribution is 2.25. The Kier molecular flexibility index (Phi) is 8.72. The van der Waals surface area contributed by atoms with Crippen LogP contribution in [-0.4, -0.2) is 30.2 Å². The maximum Gasteiger partial charge on any atom is 0.349 e. The van der Waals surface area contributed by atoms with Gasteiger partial charge >= 0.3 is 5.97 Å². The first kappa shape index (κ1) is 23.7. The monoisotopic (exact) mass is 426 g/mol. The molecule has 0 saturated heterocycles. The predicted octanol–water partition coefficient (Wildman–Crippen LogP) is 5.81. The molecule has 160 valence electrons. The molecule has 2 rings (SSSR count). The molecular formula is C25H30O4S. The van der Waals surface area contributed by atoms with E-state index in [9.17, 15) is 9.59 Å². The number of benzene rings is 2. The molecule has 2 aromatic rings. The second kappa shape index (κ2) is 11.0. The van der Waals surface area contributed by atoms with Gasteiger partial charge in [-0.1, -0.05) is 18.2 Å². The van der Waals surface area contributed by atoms with Crippen LogP contribution in [0, 0.1) is 6.92 Å².